The second-order valence-electron chi connectivity index (χ2n) is 13.7. The molecule has 5 aliphatic rings. The lowest BCUT2D eigenvalue weighted by Crippen LogP contribution is -2.62. The van der Waals surface area contributed by atoms with Crippen LogP contribution < -0.4 is 0 Å². The average Bonchev–Trinajstić information content (AvgIpc) is 3.05. The molecule has 4 saturated carbocycles. The van der Waals surface area contributed by atoms with E-state index in [1.54, 1.807) is 0 Å². The maximum absolute atomic E-state index is 13.6. The van der Waals surface area contributed by atoms with Crippen LogP contribution in [0.1, 0.15) is 112 Å². The molecule has 0 unspecified atom stereocenters. The van der Waals surface area contributed by atoms with Gasteiger partial charge in [-0.05, 0) is 91.3 Å². The molecule has 5 fully saturated rings. The number of rotatable bonds is 5. The summed E-state index contributed by atoms with van der Waals surface area (Å²) in [5, 5.41) is 0. The number of hydrogen-bond acceptors (Lipinski definition) is 3. The lowest BCUT2D eigenvalue weighted by Gasteiger charge is -2.62. The van der Waals surface area contributed by atoms with Gasteiger partial charge in [0.05, 0.1) is 6.42 Å². The van der Waals surface area contributed by atoms with E-state index in [0.717, 1.165) is 49.4 Å². The van der Waals surface area contributed by atoms with E-state index >= 15 is 0 Å². The Labute approximate surface area is 195 Å². The molecule has 0 aromatic carbocycles. The predicted octanol–water partition coefficient (Wildman–Crippen LogP) is 6.97. The Hall–Kier alpha value is -0.860. The number of Topliss-reactive ketones (excluding diaryl/α,β-unsaturated/α-hetero) is 1. The van der Waals surface area contributed by atoms with E-state index in [9.17, 15) is 9.59 Å². The number of fused-ring (bicyclic) bond motifs is 5. The van der Waals surface area contributed by atoms with Gasteiger partial charge in [0.15, 0.2) is 0 Å². The first-order valence-corrected chi connectivity index (χ1v) is 13.8. The number of esters is 1. The second-order valence-corrected chi connectivity index (χ2v) is 13.7. The van der Waals surface area contributed by atoms with E-state index < -0.39 is 0 Å². The third-order valence-corrected chi connectivity index (χ3v) is 11.6. The average molecular weight is 443 g/mol. The monoisotopic (exact) mass is 442 g/mol. The fourth-order valence-corrected chi connectivity index (χ4v) is 9.84. The summed E-state index contributed by atoms with van der Waals surface area (Å²) >= 11 is 0. The third kappa shape index (κ3) is 3.42. The minimum Gasteiger partial charge on any atom is -0.458 e. The van der Waals surface area contributed by atoms with Gasteiger partial charge in [-0.25, -0.2) is 0 Å². The lowest BCUT2D eigenvalue weighted by atomic mass is 9.43. The SMILES string of the molecule is CC(C)CCC[C@@H](C)[C@H]1CC[C@H]2[C@@H]3CC(=O)[C@H]4C[C@@]5(CC[C@]4(C)[C@H]3CC[C@]12C)CC(=O)O5. The molecule has 0 aromatic rings. The van der Waals surface area contributed by atoms with Gasteiger partial charge in [-0.3, -0.25) is 9.59 Å². The summed E-state index contributed by atoms with van der Waals surface area (Å²) in [5.41, 5.74) is 0.258. The molecule has 1 saturated heterocycles. The normalized spacial score (nSPS) is 48.6. The van der Waals surface area contributed by atoms with Crippen molar-refractivity contribution in [3.8, 4) is 0 Å². The molecule has 4 aliphatic carbocycles. The highest BCUT2D eigenvalue weighted by Gasteiger charge is 2.65. The number of carbonyl (C=O) groups excluding carboxylic acids is 2. The number of carbonyl (C=O) groups is 2. The molecule has 3 nitrogen and oxygen atoms in total. The molecule has 0 aromatic heterocycles. The van der Waals surface area contributed by atoms with Gasteiger partial charge in [0.2, 0.25) is 0 Å². The van der Waals surface area contributed by atoms with Gasteiger partial charge in [-0.15, -0.1) is 0 Å². The molecule has 0 radical (unpaired) electrons. The predicted molar refractivity (Wildman–Crippen MR) is 127 cm³/mol. The Morgan fingerprint density at radius 3 is 2.34 bits per heavy atom. The molecule has 0 N–H and O–H groups in total. The van der Waals surface area contributed by atoms with Crippen LogP contribution >= 0.6 is 0 Å². The molecule has 1 spiro atoms. The first-order valence-electron chi connectivity index (χ1n) is 13.8. The molecule has 1 aliphatic heterocycles. The van der Waals surface area contributed by atoms with Crippen LogP contribution in [-0.4, -0.2) is 17.4 Å². The smallest absolute Gasteiger partial charge is 0.310 e. The van der Waals surface area contributed by atoms with Crippen LogP contribution in [0, 0.1) is 52.3 Å². The first kappa shape index (κ1) is 22.9. The van der Waals surface area contributed by atoms with E-state index in [0.29, 0.717) is 29.5 Å². The number of ketones is 1. The van der Waals surface area contributed by atoms with Crippen molar-refractivity contribution in [2.45, 2.75) is 117 Å². The van der Waals surface area contributed by atoms with Gasteiger partial charge in [0.1, 0.15) is 11.4 Å². The maximum Gasteiger partial charge on any atom is 0.310 e. The topological polar surface area (TPSA) is 43.4 Å². The second kappa shape index (κ2) is 7.84. The molecule has 3 heteroatoms. The van der Waals surface area contributed by atoms with E-state index in [-0.39, 0.29) is 22.9 Å². The van der Waals surface area contributed by atoms with E-state index in [4.69, 9.17) is 4.74 Å². The Morgan fingerprint density at radius 1 is 0.938 bits per heavy atom. The highest BCUT2D eigenvalue weighted by molar-refractivity contribution is 5.84. The van der Waals surface area contributed by atoms with Crippen molar-refractivity contribution >= 4 is 11.8 Å². The van der Waals surface area contributed by atoms with E-state index in [1.807, 2.05) is 0 Å². The van der Waals surface area contributed by atoms with Crippen molar-refractivity contribution in [2.75, 3.05) is 0 Å². The summed E-state index contributed by atoms with van der Waals surface area (Å²) in [5.74, 6) is 5.01. The summed E-state index contributed by atoms with van der Waals surface area (Å²) in [7, 11) is 0. The van der Waals surface area contributed by atoms with Gasteiger partial charge >= 0.3 is 5.97 Å². The maximum atomic E-state index is 13.6. The zero-order chi connectivity index (χ0) is 22.9. The van der Waals surface area contributed by atoms with E-state index in [1.165, 1.54) is 44.9 Å². The van der Waals surface area contributed by atoms with Crippen LogP contribution in [0.5, 0.6) is 0 Å². The molecule has 9 atom stereocenters. The quantitative estimate of drug-likeness (QED) is 0.432. The Bertz CT molecular complexity index is 762. The molecule has 5 rings (SSSR count). The van der Waals surface area contributed by atoms with Gasteiger partial charge in [-0.2, -0.15) is 0 Å². The van der Waals surface area contributed by atoms with Crippen LogP contribution in [0.25, 0.3) is 0 Å². The largest absolute Gasteiger partial charge is 0.458 e. The minimum absolute atomic E-state index is 0.0670. The zero-order valence-corrected chi connectivity index (χ0v) is 21.3. The lowest BCUT2D eigenvalue weighted by molar-refractivity contribution is -0.217. The molecule has 1 heterocycles. The van der Waals surface area contributed by atoms with Crippen LogP contribution in [0.2, 0.25) is 0 Å². The van der Waals surface area contributed by atoms with Crippen molar-refractivity contribution in [3.63, 3.8) is 0 Å². The standard InChI is InChI=1S/C29H46O3/c1-18(2)7-6-8-19(3)21-9-10-22-20-15-25(30)24-16-29(17-26(31)32-29)14-13-28(24,5)23(20)11-12-27(21,22)4/h18-24H,6-17H2,1-5H3/t19-,20+,21-,22+,23+,24-,27-,28-,29+/m1/s1. The van der Waals surface area contributed by atoms with Gasteiger partial charge < -0.3 is 4.74 Å². The van der Waals surface area contributed by atoms with Crippen LogP contribution in [0.3, 0.4) is 0 Å². The molecular formula is C29H46O3. The summed E-state index contributed by atoms with van der Waals surface area (Å²) in [6, 6.07) is 0. The van der Waals surface area contributed by atoms with Crippen LogP contribution in [0.15, 0.2) is 0 Å². The third-order valence-electron chi connectivity index (χ3n) is 11.6. The van der Waals surface area contributed by atoms with Crippen molar-refractivity contribution in [2.24, 2.45) is 52.3 Å². The Kier molecular flexibility index (Phi) is 5.61. The minimum atomic E-state index is -0.295. The summed E-state index contributed by atoms with van der Waals surface area (Å²) in [4.78, 5) is 25.1. The summed E-state index contributed by atoms with van der Waals surface area (Å²) in [6.45, 7) is 12.2. The summed E-state index contributed by atoms with van der Waals surface area (Å²) in [6.07, 6.45) is 13.6. The molecule has 0 bridgehead atoms. The van der Waals surface area contributed by atoms with Crippen molar-refractivity contribution in [3.05, 3.63) is 0 Å². The van der Waals surface area contributed by atoms with Crippen molar-refractivity contribution < 1.29 is 14.3 Å². The molecule has 180 valence electrons. The molecular weight excluding hydrogens is 396 g/mol. The Morgan fingerprint density at radius 2 is 1.66 bits per heavy atom. The van der Waals surface area contributed by atoms with Gasteiger partial charge in [-0.1, -0.05) is 53.9 Å². The fraction of sp³-hybridized carbons (Fsp3) is 0.931. The summed E-state index contributed by atoms with van der Waals surface area (Å²) < 4.78 is 5.63. The van der Waals surface area contributed by atoms with E-state index in [2.05, 4.69) is 34.6 Å². The molecule has 32 heavy (non-hydrogen) atoms. The number of ether oxygens (including phenoxy) is 1. The van der Waals surface area contributed by atoms with Crippen LogP contribution in [0.4, 0.5) is 0 Å². The molecule has 0 amide bonds. The van der Waals surface area contributed by atoms with Gasteiger partial charge in [0, 0.05) is 12.3 Å². The fourth-order valence-electron chi connectivity index (χ4n) is 9.84. The zero-order valence-electron chi connectivity index (χ0n) is 21.3. The van der Waals surface area contributed by atoms with Crippen LogP contribution in [-0.2, 0) is 14.3 Å². The van der Waals surface area contributed by atoms with Gasteiger partial charge in [0.25, 0.3) is 0 Å². The van der Waals surface area contributed by atoms with Crippen molar-refractivity contribution in [1.82, 2.24) is 0 Å². The first-order chi connectivity index (χ1) is 15.1. The Balaban J connectivity index is 1.32. The highest BCUT2D eigenvalue weighted by atomic mass is 16.6. The van der Waals surface area contributed by atoms with Crippen molar-refractivity contribution in [1.29, 1.82) is 0 Å². The number of hydrogen-bond donors (Lipinski definition) is 0. The highest BCUT2D eigenvalue weighted by Crippen LogP contribution is 2.69.